The van der Waals surface area contributed by atoms with Gasteiger partial charge >= 0.3 is 0 Å². The van der Waals surface area contributed by atoms with E-state index in [4.69, 9.17) is 0 Å². The maximum atomic E-state index is 12.5. The van der Waals surface area contributed by atoms with Gasteiger partial charge in [-0.3, -0.25) is 14.9 Å². The van der Waals surface area contributed by atoms with Crippen molar-refractivity contribution in [3.63, 3.8) is 0 Å². The number of rotatable bonds is 4. The van der Waals surface area contributed by atoms with Crippen LogP contribution in [0.4, 0.5) is 11.4 Å². The van der Waals surface area contributed by atoms with Gasteiger partial charge in [0.15, 0.2) is 0 Å². The number of anilines is 1. The smallest absolute Gasteiger partial charge is 0.272 e. The summed E-state index contributed by atoms with van der Waals surface area (Å²) in [6, 6.07) is 19.5. The van der Waals surface area contributed by atoms with Crippen LogP contribution >= 0.6 is 0 Å². The van der Waals surface area contributed by atoms with Crippen molar-refractivity contribution >= 4 is 34.1 Å². The summed E-state index contributed by atoms with van der Waals surface area (Å²) in [6.45, 7) is 1.63. The summed E-state index contributed by atoms with van der Waals surface area (Å²) in [6.07, 6.45) is 1.34. The average molecular weight is 357 g/mol. The number of amides is 1. The van der Waals surface area contributed by atoms with Crippen molar-refractivity contribution in [1.82, 2.24) is 0 Å². The standard InChI is InChI=1S/C21H15N3O3/c1-14-9-10-15(12-20(14)24(26)27)11-17(13-22)21(25)23-19-8-4-6-16-5-2-3-7-18(16)19/h2-12H,1H3,(H,23,25)/b17-11+. The Morgan fingerprint density at radius 1 is 1.15 bits per heavy atom. The number of aryl methyl sites for hydroxylation is 1. The van der Waals surface area contributed by atoms with Gasteiger partial charge in [-0.2, -0.15) is 5.26 Å². The highest BCUT2D eigenvalue weighted by molar-refractivity contribution is 6.12. The first-order valence-corrected chi connectivity index (χ1v) is 8.15. The molecule has 132 valence electrons. The van der Waals surface area contributed by atoms with Crippen molar-refractivity contribution in [3.05, 3.63) is 87.5 Å². The molecule has 0 saturated heterocycles. The molecule has 3 aromatic carbocycles. The third-order valence-corrected chi connectivity index (χ3v) is 4.14. The zero-order valence-corrected chi connectivity index (χ0v) is 14.5. The molecule has 27 heavy (non-hydrogen) atoms. The molecule has 3 aromatic rings. The van der Waals surface area contributed by atoms with Gasteiger partial charge in [-0.15, -0.1) is 0 Å². The monoisotopic (exact) mass is 357 g/mol. The van der Waals surface area contributed by atoms with E-state index in [1.165, 1.54) is 12.1 Å². The summed E-state index contributed by atoms with van der Waals surface area (Å²) in [7, 11) is 0. The number of nitriles is 1. The van der Waals surface area contributed by atoms with Gasteiger partial charge in [0, 0.05) is 22.7 Å². The summed E-state index contributed by atoms with van der Waals surface area (Å²) < 4.78 is 0. The molecule has 0 aliphatic heterocycles. The SMILES string of the molecule is Cc1ccc(/C=C(\C#N)C(=O)Nc2cccc3ccccc23)cc1[N+](=O)[O-]. The van der Waals surface area contributed by atoms with E-state index >= 15 is 0 Å². The highest BCUT2D eigenvalue weighted by atomic mass is 16.6. The van der Waals surface area contributed by atoms with Crippen molar-refractivity contribution < 1.29 is 9.72 Å². The number of benzene rings is 3. The Balaban J connectivity index is 1.93. The molecule has 0 atom stereocenters. The predicted molar refractivity (Wildman–Crippen MR) is 104 cm³/mol. The van der Waals surface area contributed by atoms with Crippen LogP contribution in [-0.4, -0.2) is 10.8 Å². The summed E-state index contributed by atoms with van der Waals surface area (Å²) in [5.41, 5.74) is 1.32. The fourth-order valence-corrected chi connectivity index (χ4v) is 2.75. The number of nitro benzene ring substituents is 1. The van der Waals surface area contributed by atoms with Crippen molar-refractivity contribution in [1.29, 1.82) is 5.26 Å². The average Bonchev–Trinajstić information content (AvgIpc) is 2.67. The van der Waals surface area contributed by atoms with E-state index in [0.717, 1.165) is 10.8 Å². The molecule has 0 radical (unpaired) electrons. The molecule has 0 aliphatic carbocycles. The van der Waals surface area contributed by atoms with Crippen LogP contribution in [0.15, 0.2) is 66.2 Å². The van der Waals surface area contributed by atoms with E-state index in [1.54, 1.807) is 25.1 Å². The summed E-state index contributed by atoms with van der Waals surface area (Å²) in [5.74, 6) is -0.572. The summed E-state index contributed by atoms with van der Waals surface area (Å²) in [5, 5.41) is 25.0. The van der Waals surface area contributed by atoms with Crippen LogP contribution in [-0.2, 0) is 4.79 Å². The summed E-state index contributed by atoms with van der Waals surface area (Å²) in [4.78, 5) is 23.1. The number of nitro groups is 1. The zero-order chi connectivity index (χ0) is 19.4. The van der Waals surface area contributed by atoms with Crippen molar-refractivity contribution in [2.45, 2.75) is 6.92 Å². The summed E-state index contributed by atoms with van der Waals surface area (Å²) >= 11 is 0. The fraction of sp³-hybridized carbons (Fsp3) is 0.0476. The van der Waals surface area contributed by atoms with Crippen molar-refractivity contribution in [2.75, 3.05) is 5.32 Å². The quantitative estimate of drug-likeness (QED) is 0.319. The van der Waals surface area contributed by atoms with Crippen LogP contribution < -0.4 is 5.32 Å². The number of nitrogens with zero attached hydrogens (tertiary/aromatic N) is 2. The molecule has 0 saturated carbocycles. The molecule has 1 N–H and O–H groups in total. The number of fused-ring (bicyclic) bond motifs is 1. The molecule has 1 amide bonds. The van der Waals surface area contributed by atoms with E-state index in [0.29, 0.717) is 16.8 Å². The first kappa shape index (κ1) is 17.8. The van der Waals surface area contributed by atoms with Crippen LogP contribution in [0.25, 0.3) is 16.8 Å². The second kappa shape index (κ2) is 7.50. The largest absolute Gasteiger partial charge is 0.321 e. The van der Waals surface area contributed by atoms with Gasteiger partial charge in [-0.05, 0) is 30.0 Å². The lowest BCUT2D eigenvalue weighted by Gasteiger charge is -2.08. The van der Waals surface area contributed by atoms with Crippen LogP contribution in [0.3, 0.4) is 0 Å². The minimum Gasteiger partial charge on any atom is -0.321 e. The zero-order valence-electron chi connectivity index (χ0n) is 14.5. The van der Waals surface area contributed by atoms with E-state index < -0.39 is 10.8 Å². The molecule has 0 heterocycles. The van der Waals surface area contributed by atoms with Crippen molar-refractivity contribution in [2.24, 2.45) is 0 Å². The van der Waals surface area contributed by atoms with E-state index in [-0.39, 0.29) is 11.3 Å². The highest BCUT2D eigenvalue weighted by Gasteiger charge is 2.14. The molecular formula is C21H15N3O3. The van der Waals surface area contributed by atoms with Crippen LogP contribution in [0.2, 0.25) is 0 Å². The van der Waals surface area contributed by atoms with Gasteiger partial charge in [-0.1, -0.05) is 48.5 Å². The first-order chi connectivity index (χ1) is 13.0. The van der Waals surface area contributed by atoms with E-state index in [9.17, 15) is 20.2 Å². The molecule has 0 unspecified atom stereocenters. The lowest BCUT2D eigenvalue weighted by Crippen LogP contribution is -2.13. The van der Waals surface area contributed by atoms with Gasteiger partial charge in [0.2, 0.25) is 0 Å². The number of carbonyl (C=O) groups is 1. The van der Waals surface area contributed by atoms with Crippen molar-refractivity contribution in [3.8, 4) is 6.07 Å². The lowest BCUT2D eigenvalue weighted by atomic mass is 10.1. The second-order valence-corrected chi connectivity index (χ2v) is 5.95. The molecule has 0 bridgehead atoms. The van der Waals surface area contributed by atoms with E-state index in [2.05, 4.69) is 5.32 Å². The van der Waals surface area contributed by atoms with Gasteiger partial charge in [0.05, 0.1) is 4.92 Å². The van der Waals surface area contributed by atoms with Gasteiger partial charge < -0.3 is 5.32 Å². The maximum Gasteiger partial charge on any atom is 0.272 e. The van der Waals surface area contributed by atoms with Crippen LogP contribution in [0, 0.1) is 28.4 Å². The molecule has 3 rings (SSSR count). The number of nitrogens with one attached hydrogen (secondary N) is 1. The highest BCUT2D eigenvalue weighted by Crippen LogP contribution is 2.24. The van der Waals surface area contributed by atoms with Gasteiger partial charge in [0.25, 0.3) is 11.6 Å². The molecule has 0 aromatic heterocycles. The fourth-order valence-electron chi connectivity index (χ4n) is 2.75. The Hall–Kier alpha value is -3.98. The topological polar surface area (TPSA) is 96.0 Å². The number of hydrogen-bond donors (Lipinski definition) is 1. The Labute approximate surface area is 155 Å². The number of carbonyl (C=O) groups excluding carboxylic acids is 1. The minimum atomic E-state index is -0.572. The molecule has 0 spiro atoms. The normalized spacial score (nSPS) is 11.0. The van der Waals surface area contributed by atoms with E-state index in [1.807, 2.05) is 42.5 Å². The second-order valence-electron chi connectivity index (χ2n) is 5.95. The lowest BCUT2D eigenvalue weighted by molar-refractivity contribution is -0.385. The van der Waals surface area contributed by atoms with Gasteiger partial charge in [-0.25, -0.2) is 0 Å². The molecular weight excluding hydrogens is 342 g/mol. The van der Waals surface area contributed by atoms with Crippen LogP contribution in [0.5, 0.6) is 0 Å². The van der Waals surface area contributed by atoms with Crippen LogP contribution in [0.1, 0.15) is 11.1 Å². The Morgan fingerprint density at radius 3 is 2.63 bits per heavy atom. The first-order valence-electron chi connectivity index (χ1n) is 8.15. The molecule has 6 heteroatoms. The molecule has 0 fully saturated rings. The number of hydrogen-bond acceptors (Lipinski definition) is 4. The Morgan fingerprint density at radius 2 is 1.89 bits per heavy atom. The molecule has 6 nitrogen and oxygen atoms in total. The predicted octanol–water partition coefficient (Wildman–Crippen LogP) is 4.60. The van der Waals surface area contributed by atoms with Gasteiger partial charge in [0.1, 0.15) is 11.6 Å². The third-order valence-electron chi connectivity index (χ3n) is 4.14. The maximum absolute atomic E-state index is 12.5. The minimum absolute atomic E-state index is 0.0597. The molecule has 0 aliphatic rings. The Bertz CT molecular complexity index is 1120. The Kier molecular flexibility index (Phi) is 4.95. The third kappa shape index (κ3) is 3.83.